The Balaban J connectivity index is 1.85. The van der Waals surface area contributed by atoms with Crippen molar-refractivity contribution < 1.29 is 14.6 Å². The lowest BCUT2D eigenvalue weighted by Crippen LogP contribution is -2.20. The van der Waals surface area contributed by atoms with Gasteiger partial charge in [0.1, 0.15) is 5.75 Å². The lowest BCUT2D eigenvalue weighted by atomic mass is 10.00. The molecule has 4 nitrogen and oxygen atoms in total. The maximum Gasteiger partial charge on any atom is 0.336 e. The van der Waals surface area contributed by atoms with Gasteiger partial charge in [0.25, 0.3) is 0 Å². The number of hydrogen-bond acceptors (Lipinski definition) is 3. The zero-order valence-corrected chi connectivity index (χ0v) is 12.8. The van der Waals surface area contributed by atoms with Crippen LogP contribution in [0.1, 0.15) is 28.4 Å². The summed E-state index contributed by atoms with van der Waals surface area (Å²) in [6.45, 7) is 0.670. The predicted octanol–water partition coefficient (Wildman–Crippen LogP) is 4.08. The number of ether oxygens (including phenoxy) is 1. The Bertz CT molecular complexity index is 687. The molecule has 0 spiro atoms. The maximum absolute atomic E-state index is 11.0. The van der Waals surface area contributed by atoms with Gasteiger partial charge in [-0.05, 0) is 40.2 Å². The number of carbonyl (C=O) groups is 1. The molecule has 2 aromatic carbocycles. The van der Waals surface area contributed by atoms with E-state index in [9.17, 15) is 4.79 Å². The fourth-order valence-corrected chi connectivity index (χ4v) is 3.02. The molecule has 0 radical (unpaired) electrons. The van der Waals surface area contributed by atoms with E-state index in [0.717, 1.165) is 23.4 Å². The average molecular weight is 348 g/mol. The molecule has 2 N–H and O–H groups in total. The van der Waals surface area contributed by atoms with Crippen molar-refractivity contribution in [2.45, 2.75) is 12.5 Å². The molecule has 108 valence electrons. The largest absolute Gasteiger partial charge is 0.493 e. The summed E-state index contributed by atoms with van der Waals surface area (Å²) in [4.78, 5) is 11.0. The number of carboxylic acid groups (broad SMARTS) is 1. The van der Waals surface area contributed by atoms with Gasteiger partial charge in [0, 0.05) is 22.1 Å². The second-order valence-electron chi connectivity index (χ2n) is 4.87. The van der Waals surface area contributed by atoms with E-state index in [0.29, 0.717) is 11.1 Å². The van der Waals surface area contributed by atoms with Gasteiger partial charge in [-0.1, -0.05) is 18.2 Å². The number of rotatable bonds is 3. The first-order valence-corrected chi connectivity index (χ1v) is 7.45. The van der Waals surface area contributed by atoms with Gasteiger partial charge in [-0.15, -0.1) is 0 Å². The molecule has 2 aromatic rings. The fourth-order valence-electron chi connectivity index (χ4n) is 2.47. The molecule has 1 aliphatic rings. The molecule has 21 heavy (non-hydrogen) atoms. The first kappa shape index (κ1) is 13.9. The Labute approximate surface area is 130 Å². The van der Waals surface area contributed by atoms with Crippen LogP contribution in [0.4, 0.5) is 5.69 Å². The maximum atomic E-state index is 11.0. The zero-order valence-electron chi connectivity index (χ0n) is 11.2. The number of anilines is 1. The molecule has 3 rings (SSSR count). The SMILES string of the molecule is O=C(O)c1ccc(NC2CCOc3ccccc32)cc1Br. The molecule has 1 aliphatic heterocycles. The second kappa shape index (κ2) is 5.77. The third kappa shape index (κ3) is 2.88. The molecule has 5 heteroatoms. The summed E-state index contributed by atoms with van der Waals surface area (Å²) < 4.78 is 6.21. The van der Waals surface area contributed by atoms with Crippen LogP contribution in [0.5, 0.6) is 5.75 Å². The standard InChI is InChI=1S/C16H14BrNO3/c17-13-9-10(5-6-11(13)16(19)20)18-14-7-8-21-15-4-2-1-3-12(14)15/h1-6,9,14,18H,7-8H2,(H,19,20). The summed E-state index contributed by atoms with van der Waals surface area (Å²) in [6.07, 6.45) is 0.870. The van der Waals surface area contributed by atoms with Crippen molar-refractivity contribution in [2.24, 2.45) is 0 Å². The van der Waals surface area contributed by atoms with Crippen molar-refractivity contribution in [1.29, 1.82) is 0 Å². The highest BCUT2D eigenvalue weighted by molar-refractivity contribution is 9.10. The molecule has 0 saturated heterocycles. The van der Waals surface area contributed by atoms with E-state index in [1.54, 1.807) is 18.2 Å². The molecule has 1 unspecified atom stereocenters. The topological polar surface area (TPSA) is 58.6 Å². The number of fused-ring (bicyclic) bond motifs is 1. The minimum Gasteiger partial charge on any atom is -0.493 e. The van der Waals surface area contributed by atoms with E-state index < -0.39 is 5.97 Å². The summed E-state index contributed by atoms with van der Waals surface area (Å²) in [5, 5.41) is 12.5. The Kier molecular flexibility index (Phi) is 3.84. The minimum atomic E-state index is -0.940. The van der Waals surface area contributed by atoms with Gasteiger partial charge < -0.3 is 15.2 Å². The minimum absolute atomic E-state index is 0.164. The number of hydrogen-bond donors (Lipinski definition) is 2. The molecule has 1 heterocycles. The fraction of sp³-hybridized carbons (Fsp3) is 0.188. The van der Waals surface area contributed by atoms with Crippen molar-refractivity contribution >= 4 is 27.6 Å². The monoisotopic (exact) mass is 347 g/mol. The van der Waals surface area contributed by atoms with Crippen LogP contribution in [0.3, 0.4) is 0 Å². The molecule has 0 saturated carbocycles. The van der Waals surface area contributed by atoms with E-state index in [-0.39, 0.29) is 11.6 Å². The van der Waals surface area contributed by atoms with Crippen LogP contribution in [0.2, 0.25) is 0 Å². The first-order valence-electron chi connectivity index (χ1n) is 6.66. The van der Waals surface area contributed by atoms with Crippen molar-refractivity contribution in [3.05, 3.63) is 58.1 Å². The molecular formula is C16H14BrNO3. The van der Waals surface area contributed by atoms with Crippen LogP contribution < -0.4 is 10.1 Å². The van der Waals surface area contributed by atoms with Gasteiger partial charge in [-0.2, -0.15) is 0 Å². The molecule has 0 amide bonds. The Hall–Kier alpha value is -2.01. The number of para-hydroxylation sites is 1. The van der Waals surface area contributed by atoms with E-state index in [1.165, 1.54) is 0 Å². The summed E-state index contributed by atoms with van der Waals surface area (Å²) in [7, 11) is 0. The van der Waals surface area contributed by atoms with Crippen molar-refractivity contribution in [3.63, 3.8) is 0 Å². The first-order chi connectivity index (χ1) is 10.1. The van der Waals surface area contributed by atoms with Crippen LogP contribution in [0.25, 0.3) is 0 Å². The second-order valence-corrected chi connectivity index (χ2v) is 5.73. The van der Waals surface area contributed by atoms with Gasteiger partial charge in [0.15, 0.2) is 0 Å². The smallest absolute Gasteiger partial charge is 0.336 e. The van der Waals surface area contributed by atoms with Crippen LogP contribution in [-0.4, -0.2) is 17.7 Å². The summed E-state index contributed by atoms with van der Waals surface area (Å²) in [5.74, 6) is -0.0349. The van der Waals surface area contributed by atoms with E-state index in [4.69, 9.17) is 9.84 Å². The number of aromatic carboxylic acids is 1. The van der Waals surface area contributed by atoms with Crippen molar-refractivity contribution in [2.75, 3.05) is 11.9 Å². The number of halogens is 1. The van der Waals surface area contributed by atoms with Crippen LogP contribution in [-0.2, 0) is 0 Å². The van der Waals surface area contributed by atoms with Crippen LogP contribution in [0.15, 0.2) is 46.9 Å². The molecule has 1 atom stereocenters. The predicted molar refractivity (Wildman–Crippen MR) is 84.0 cm³/mol. The number of nitrogens with one attached hydrogen (secondary N) is 1. The van der Waals surface area contributed by atoms with Crippen molar-refractivity contribution in [1.82, 2.24) is 0 Å². The van der Waals surface area contributed by atoms with Gasteiger partial charge in [-0.25, -0.2) is 4.79 Å². The highest BCUT2D eigenvalue weighted by Gasteiger charge is 2.21. The molecule has 0 aliphatic carbocycles. The highest BCUT2D eigenvalue weighted by Crippen LogP contribution is 2.34. The molecule has 0 aromatic heterocycles. The molecular weight excluding hydrogens is 334 g/mol. The summed E-state index contributed by atoms with van der Waals surface area (Å²) >= 11 is 3.30. The summed E-state index contributed by atoms with van der Waals surface area (Å²) in [6, 6.07) is 13.3. The van der Waals surface area contributed by atoms with Crippen LogP contribution >= 0.6 is 15.9 Å². The van der Waals surface area contributed by atoms with E-state index >= 15 is 0 Å². The molecule has 0 fully saturated rings. The van der Waals surface area contributed by atoms with Gasteiger partial charge in [-0.3, -0.25) is 0 Å². The normalized spacial score (nSPS) is 16.7. The quantitative estimate of drug-likeness (QED) is 0.878. The van der Waals surface area contributed by atoms with Gasteiger partial charge in [0.2, 0.25) is 0 Å². The third-order valence-corrected chi connectivity index (χ3v) is 4.15. The number of carboxylic acids is 1. The van der Waals surface area contributed by atoms with Crippen LogP contribution in [0, 0.1) is 0 Å². The summed E-state index contributed by atoms with van der Waals surface area (Å²) in [5.41, 5.74) is 2.27. The van der Waals surface area contributed by atoms with Gasteiger partial charge >= 0.3 is 5.97 Å². The van der Waals surface area contributed by atoms with Crippen molar-refractivity contribution in [3.8, 4) is 5.75 Å². The zero-order chi connectivity index (χ0) is 14.8. The third-order valence-electron chi connectivity index (χ3n) is 3.50. The van der Waals surface area contributed by atoms with E-state index in [2.05, 4.69) is 21.2 Å². The van der Waals surface area contributed by atoms with E-state index in [1.807, 2.05) is 24.3 Å². The highest BCUT2D eigenvalue weighted by atomic mass is 79.9. The molecule has 0 bridgehead atoms. The average Bonchev–Trinajstić information content (AvgIpc) is 2.47. The lowest BCUT2D eigenvalue weighted by Gasteiger charge is -2.27. The lowest BCUT2D eigenvalue weighted by molar-refractivity contribution is 0.0696. The Morgan fingerprint density at radius 3 is 2.86 bits per heavy atom. The Morgan fingerprint density at radius 1 is 1.29 bits per heavy atom. The Morgan fingerprint density at radius 2 is 2.10 bits per heavy atom. The van der Waals surface area contributed by atoms with Gasteiger partial charge in [0.05, 0.1) is 18.2 Å². The number of benzene rings is 2.